The molecule has 7 nitrogen and oxygen atoms in total. The second kappa shape index (κ2) is 9.91. The first-order valence-corrected chi connectivity index (χ1v) is 10.6. The van der Waals surface area contributed by atoms with Crippen LogP contribution in [0.5, 0.6) is 11.5 Å². The smallest absolute Gasteiger partial charge is 0.303 e. The van der Waals surface area contributed by atoms with Crippen molar-refractivity contribution in [2.75, 3.05) is 5.32 Å². The van der Waals surface area contributed by atoms with E-state index in [1.54, 1.807) is 18.5 Å². The number of aliphatic carboxylic acids is 1. The Hall–Kier alpha value is -4.26. The maximum Gasteiger partial charge on any atom is 0.303 e. The number of pyridine rings is 3. The summed E-state index contributed by atoms with van der Waals surface area (Å²) < 4.78 is 6.21. The SMILES string of the molecule is Cc1cc(Oc2ccnc(Nc3ccc(CCC(=O)O)cc3)c2)c(-c2ccccn2)nc1C. The molecule has 0 radical (unpaired) electrons. The predicted octanol–water partition coefficient (Wildman–Crippen LogP) is 5.71. The first-order valence-electron chi connectivity index (χ1n) is 10.6. The van der Waals surface area contributed by atoms with E-state index >= 15 is 0 Å². The van der Waals surface area contributed by atoms with Gasteiger partial charge in [0.1, 0.15) is 17.3 Å². The molecule has 4 rings (SSSR count). The number of nitrogens with one attached hydrogen (secondary N) is 1. The predicted molar refractivity (Wildman–Crippen MR) is 127 cm³/mol. The molecule has 0 unspecified atom stereocenters. The van der Waals surface area contributed by atoms with Gasteiger partial charge in [-0.25, -0.2) is 9.97 Å². The second-order valence-electron chi connectivity index (χ2n) is 7.65. The molecule has 2 N–H and O–H groups in total. The molecule has 1 aromatic carbocycles. The van der Waals surface area contributed by atoms with Gasteiger partial charge in [-0.15, -0.1) is 0 Å². The molecule has 7 heteroatoms. The van der Waals surface area contributed by atoms with Gasteiger partial charge in [-0.2, -0.15) is 0 Å². The number of aromatic nitrogens is 3. The van der Waals surface area contributed by atoms with Gasteiger partial charge in [0.05, 0.1) is 5.69 Å². The Morgan fingerprint density at radius 2 is 1.82 bits per heavy atom. The normalized spacial score (nSPS) is 10.6. The Morgan fingerprint density at radius 3 is 2.55 bits per heavy atom. The van der Waals surface area contributed by atoms with Crippen LogP contribution < -0.4 is 10.1 Å². The average Bonchev–Trinajstić information content (AvgIpc) is 2.81. The van der Waals surface area contributed by atoms with E-state index in [-0.39, 0.29) is 6.42 Å². The lowest BCUT2D eigenvalue weighted by atomic mass is 10.1. The van der Waals surface area contributed by atoms with E-state index in [2.05, 4.69) is 15.3 Å². The third-order valence-electron chi connectivity index (χ3n) is 5.15. The molecule has 0 aliphatic heterocycles. The van der Waals surface area contributed by atoms with Gasteiger partial charge in [-0.1, -0.05) is 18.2 Å². The minimum absolute atomic E-state index is 0.113. The number of hydrogen-bond donors (Lipinski definition) is 2. The number of aryl methyl sites for hydroxylation is 3. The molecule has 0 aliphatic rings. The zero-order valence-electron chi connectivity index (χ0n) is 18.4. The highest BCUT2D eigenvalue weighted by Gasteiger charge is 2.13. The lowest BCUT2D eigenvalue weighted by Crippen LogP contribution is -1.99. The van der Waals surface area contributed by atoms with Crippen molar-refractivity contribution in [1.29, 1.82) is 0 Å². The first-order chi connectivity index (χ1) is 16.0. The number of benzene rings is 1. The molecule has 0 aliphatic carbocycles. The summed E-state index contributed by atoms with van der Waals surface area (Å²) in [4.78, 5) is 24.2. The van der Waals surface area contributed by atoms with E-state index in [1.807, 2.05) is 68.4 Å². The number of carboxylic acids is 1. The zero-order chi connectivity index (χ0) is 23.2. The molecule has 0 fully saturated rings. The van der Waals surface area contributed by atoms with E-state index < -0.39 is 5.97 Å². The molecular weight excluding hydrogens is 416 g/mol. The van der Waals surface area contributed by atoms with Crippen LogP contribution in [0.1, 0.15) is 23.2 Å². The van der Waals surface area contributed by atoms with Crippen LogP contribution >= 0.6 is 0 Å². The molecule has 0 atom stereocenters. The summed E-state index contributed by atoms with van der Waals surface area (Å²) in [7, 11) is 0. The number of anilines is 2. The average molecular weight is 441 g/mol. The van der Waals surface area contributed by atoms with Crippen molar-refractivity contribution < 1.29 is 14.6 Å². The number of carboxylic acid groups (broad SMARTS) is 1. The summed E-state index contributed by atoms with van der Waals surface area (Å²) in [5.74, 6) is 1.06. The molecule has 3 heterocycles. The molecule has 4 aromatic rings. The summed E-state index contributed by atoms with van der Waals surface area (Å²) in [6, 6.07) is 18.9. The number of nitrogens with zero attached hydrogens (tertiary/aromatic N) is 3. The summed E-state index contributed by atoms with van der Waals surface area (Å²) in [5.41, 5.74) is 5.19. The standard InChI is InChI=1S/C26H24N4O3/c1-17-15-23(26(29-18(17)2)22-5-3-4-13-27-22)33-21-12-14-28-24(16-21)30-20-9-6-19(7-10-20)8-11-25(31)32/h3-7,9-10,12-16H,8,11H2,1-2H3,(H,28,30)(H,31,32). The van der Waals surface area contributed by atoms with Crippen LogP contribution in [0, 0.1) is 13.8 Å². The number of ether oxygens (including phenoxy) is 1. The van der Waals surface area contributed by atoms with Crippen LogP contribution in [0.4, 0.5) is 11.5 Å². The Morgan fingerprint density at radius 1 is 1.00 bits per heavy atom. The van der Waals surface area contributed by atoms with Crippen LogP contribution in [0.2, 0.25) is 0 Å². The topological polar surface area (TPSA) is 97.2 Å². The van der Waals surface area contributed by atoms with Crippen molar-refractivity contribution in [2.24, 2.45) is 0 Å². The highest BCUT2D eigenvalue weighted by Crippen LogP contribution is 2.33. The van der Waals surface area contributed by atoms with Crippen LogP contribution in [-0.4, -0.2) is 26.0 Å². The molecular formula is C26H24N4O3. The molecule has 166 valence electrons. The Balaban J connectivity index is 1.53. The molecule has 0 bridgehead atoms. The van der Waals surface area contributed by atoms with E-state index in [0.29, 0.717) is 29.4 Å². The Kier molecular flexibility index (Phi) is 6.59. The number of hydrogen-bond acceptors (Lipinski definition) is 6. The molecule has 0 amide bonds. The monoisotopic (exact) mass is 440 g/mol. The fourth-order valence-corrected chi connectivity index (χ4v) is 3.27. The van der Waals surface area contributed by atoms with Crippen molar-refractivity contribution in [3.63, 3.8) is 0 Å². The maximum atomic E-state index is 10.7. The summed E-state index contributed by atoms with van der Waals surface area (Å²) >= 11 is 0. The largest absolute Gasteiger partial charge is 0.481 e. The third-order valence-corrected chi connectivity index (χ3v) is 5.15. The summed E-state index contributed by atoms with van der Waals surface area (Å²) in [6.07, 6.45) is 4.02. The highest BCUT2D eigenvalue weighted by atomic mass is 16.5. The molecule has 0 saturated carbocycles. The summed E-state index contributed by atoms with van der Waals surface area (Å²) in [6.45, 7) is 3.96. The lowest BCUT2D eigenvalue weighted by molar-refractivity contribution is -0.136. The summed E-state index contributed by atoms with van der Waals surface area (Å²) in [5, 5.41) is 12.1. The Labute approximate surface area is 192 Å². The zero-order valence-corrected chi connectivity index (χ0v) is 18.4. The molecule has 33 heavy (non-hydrogen) atoms. The van der Waals surface area contributed by atoms with Crippen molar-refractivity contribution >= 4 is 17.5 Å². The van der Waals surface area contributed by atoms with Gasteiger partial charge < -0.3 is 15.2 Å². The van der Waals surface area contributed by atoms with Gasteiger partial charge in [0, 0.05) is 36.3 Å². The van der Waals surface area contributed by atoms with Crippen molar-refractivity contribution in [1.82, 2.24) is 15.0 Å². The van der Waals surface area contributed by atoms with Gasteiger partial charge in [0.25, 0.3) is 0 Å². The van der Waals surface area contributed by atoms with E-state index in [0.717, 1.165) is 28.2 Å². The van der Waals surface area contributed by atoms with Gasteiger partial charge in [-0.05, 0) is 67.8 Å². The molecule has 0 spiro atoms. The van der Waals surface area contributed by atoms with Crippen molar-refractivity contribution in [3.8, 4) is 22.9 Å². The number of rotatable bonds is 8. The Bertz CT molecular complexity index is 1260. The maximum absolute atomic E-state index is 10.7. The fourth-order valence-electron chi connectivity index (χ4n) is 3.27. The molecule has 3 aromatic heterocycles. The van der Waals surface area contributed by atoms with Crippen LogP contribution in [-0.2, 0) is 11.2 Å². The van der Waals surface area contributed by atoms with Crippen LogP contribution in [0.15, 0.2) is 73.1 Å². The minimum Gasteiger partial charge on any atom is -0.481 e. The fraction of sp³-hybridized carbons (Fsp3) is 0.154. The van der Waals surface area contributed by atoms with Crippen LogP contribution in [0.25, 0.3) is 11.4 Å². The first kappa shape index (κ1) is 22.0. The highest BCUT2D eigenvalue weighted by molar-refractivity contribution is 5.67. The van der Waals surface area contributed by atoms with E-state index in [4.69, 9.17) is 14.8 Å². The van der Waals surface area contributed by atoms with Crippen molar-refractivity contribution in [3.05, 3.63) is 89.9 Å². The minimum atomic E-state index is -0.802. The van der Waals surface area contributed by atoms with Gasteiger partial charge in [0.2, 0.25) is 0 Å². The van der Waals surface area contributed by atoms with Gasteiger partial charge in [0.15, 0.2) is 5.75 Å². The van der Waals surface area contributed by atoms with Gasteiger partial charge in [-0.3, -0.25) is 9.78 Å². The van der Waals surface area contributed by atoms with Crippen LogP contribution in [0.3, 0.4) is 0 Å². The second-order valence-corrected chi connectivity index (χ2v) is 7.65. The van der Waals surface area contributed by atoms with Crippen molar-refractivity contribution in [2.45, 2.75) is 26.7 Å². The quantitative estimate of drug-likeness (QED) is 0.362. The lowest BCUT2D eigenvalue weighted by Gasteiger charge is -2.14. The molecule has 0 saturated heterocycles. The third kappa shape index (κ3) is 5.71. The van der Waals surface area contributed by atoms with E-state index in [1.165, 1.54) is 0 Å². The van der Waals surface area contributed by atoms with Gasteiger partial charge >= 0.3 is 5.97 Å². The van der Waals surface area contributed by atoms with E-state index in [9.17, 15) is 4.79 Å². The number of carbonyl (C=O) groups is 1.